The SMILES string of the molecule is CC(C)c1cc(C(=O)N2C[C@@H](C)O[C@@H](C)C2)nn1C(C)(C)C. The van der Waals surface area contributed by atoms with E-state index in [9.17, 15) is 4.79 Å². The molecular weight excluding hydrogens is 278 g/mol. The molecule has 5 heteroatoms. The fraction of sp³-hybridized carbons (Fsp3) is 0.765. The summed E-state index contributed by atoms with van der Waals surface area (Å²) in [5, 5.41) is 4.61. The number of hydrogen-bond donors (Lipinski definition) is 0. The Bertz CT molecular complexity index is 533. The number of carbonyl (C=O) groups excluding carboxylic acids is 1. The Kier molecular flexibility index (Phi) is 4.66. The minimum Gasteiger partial charge on any atom is -0.372 e. The molecule has 2 heterocycles. The lowest BCUT2D eigenvalue weighted by atomic mass is 10.1. The second-order valence-corrected chi connectivity index (χ2v) is 7.66. The predicted molar refractivity (Wildman–Crippen MR) is 87.2 cm³/mol. The summed E-state index contributed by atoms with van der Waals surface area (Å²) in [5.41, 5.74) is 1.51. The number of aromatic nitrogens is 2. The number of carbonyl (C=O) groups is 1. The van der Waals surface area contributed by atoms with Gasteiger partial charge in [-0.3, -0.25) is 9.48 Å². The zero-order valence-corrected chi connectivity index (χ0v) is 14.9. The summed E-state index contributed by atoms with van der Waals surface area (Å²) < 4.78 is 7.69. The summed E-state index contributed by atoms with van der Waals surface area (Å²) in [7, 11) is 0. The van der Waals surface area contributed by atoms with E-state index in [-0.39, 0.29) is 23.7 Å². The third-order valence-corrected chi connectivity index (χ3v) is 3.89. The molecule has 0 aromatic carbocycles. The van der Waals surface area contributed by atoms with Crippen LogP contribution in [0.5, 0.6) is 0 Å². The molecule has 2 rings (SSSR count). The first-order valence-electron chi connectivity index (χ1n) is 8.14. The molecular formula is C17H29N3O2. The van der Waals surface area contributed by atoms with Gasteiger partial charge in [0.1, 0.15) is 0 Å². The summed E-state index contributed by atoms with van der Waals surface area (Å²) in [6, 6.07) is 1.95. The van der Waals surface area contributed by atoms with Gasteiger partial charge in [-0.05, 0) is 46.6 Å². The lowest BCUT2D eigenvalue weighted by Gasteiger charge is -2.34. The van der Waals surface area contributed by atoms with E-state index < -0.39 is 0 Å². The highest BCUT2D eigenvalue weighted by atomic mass is 16.5. The lowest BCUT2D eigenvalue weighted by Crippen LogP contribution is -2.48. The Morgan fingerprint density at radius 3 is 2.23 bits per heavy atom. The third kappa shape index (κ3) is 3.51. The maximum Gasteiger partial charge on any atom is 0.274 e. The molecule has 0 N–H and O–H groups in total. The van der Waals surface area contributed by atoms with Crippen LogP contribution in [0.15, 0.2) is 6.07 Å². The van der Waals surface area contributed by atoms with E-state index in [4.69, 9.17) is 4.74 Å². The van der Waals surface area contributed by atoms with Crippen molar-refractivity contribution in [2.45, 2.75) is 72.1 Å². The maximum absolute atomic E-state index is 12.8. The largest absolute Gasteiger partial charge is 0.372 e. The molecule has 0 saturated carbocycles. The molecule has 0 spiro atoms. The van der Waals surface area contributed by atoms with Crippen molar-refractivity contribution >= 4 is 5.91 Å². The van der Waals surface area contributed by atoms with Crippen LogP contribution in [0.4, 0.5) is 0 Å². The normalized spacial score (nSPS) is 23.2. The molecule has 1 aliphatic heterocycles. The van der Waals surface area contributed by atoms with Gasteiger partial charge in [0.25, 0.3) is 5.91 Å². The van der Waals surface area contributed by atoms with Crippen LogP contribution in [-0.2, 0) is 10.3 Å². The van der Waals surface area contributed by atoms with Gasteiger partial charge in [0.05, 0.1) is 17.7 Å². The van der Waals surface area contributed by atoms with Crippen molar-refractivity contribution < 1.29 is 9.53 Å². The molecule has 1 amide bonds. The third-order valence-electron chi connectivity index (χ3n) is 3.89. The summed E-state index contributed by atoms with van der Waals surface area (Å²) >= 11 is 0. The first kappa shape index (κ1) is 17.0. The molecule has 0 bridgehead atoms. The fourth-order valence-corrected chi connectivity index (χ4v) is 2.95. The minimum absolute atomic E-state index is 0.00639. The Balaban J connectivity index is 2.30. The van der Waals surface area contributed by atoms with Crippen LogP contribution in [0.2, 0.25) is 0 Å². The highest BCUT2D eigenvalue weighted by Crippen LogP contribution is 2.24. The molecule has 1 saturated heterocycles. The van der Waals surface area contributed by atoms with Crippen LogP contribution < -0.4 is 0 Å². The highest BCUT2D eigenvalue weighted by molar-refractivity contribution is 5.92. The number of nitrogens with zero attached hydrogens (tertiary/aromatic N) is 3. The van der Waals surface area contributed by atoms with E-state index >= 15 is 0 Å². The molecule has 2 atom stereocenters. The van der Waals surface area contributed by atoms with E-state index in [2.05, 4.69) is 39.7 Å². The average Bonchev–Trinajstić information content (AvgIpc) is 2.81. The van der Waals surface area contributed by atoms with Crippen LogP contribution in [0.1, 0.15) is 70.6 Å². The number of ether oxygens (including phenoxy) is 1. The molecule has 0 aliphatic carbocycles. The summed E-state index contributed by atoms with van der Waals surface area (Å²) in [6.07, 6.45) is 0.143. The maximum atomic E-state index is 12.8. The van der Waals surface area contributed by atoms with Crippen molar-refractivity contribution in [1.29, 1.82) is 0 Å². The van der Waals surface area contributed by atoms with Crippen molar-refractivity contribution in [1.82, 2.24) is 14.7 Å². The number of amides is 1. The first-order chi connectivity index (χ1) is 10.1. The molecule has 5 nitrogen and oxygen atoms in total. The van der Waals surface area contributed by atoms with E-state index in [1.54, 1.807) is 0 Å². The van der Waals surface area contributed by atoms with Gasteiger partial charge in [0.2, 0.25) is 0 Å². The predicted octanol–water partition coefficient (Wildman–Crippen LogP) is 3.01. The molecule has 1 fully saturated rings. The van der Waals surface area contributed by atoms with Gasteiger partial charge in [-0.15, -0.1) is 0 Å². The van der Waals surface area contributed by atoms with E-state index in [1.807, 2.05) is 29.5 Å². The highest BCUT2D eigenvalue weighted by Gasteiger charge is 2.30. The Morgan fingerprint density at radius 1 is 1.27 bits per heavy atom. The van der Waals surface area contributed by atoms with Crippen LogP contribution in [0.3, 0.4) is 0 Å². The van der Waals surface area contributed by atoms with Crippen LogP contribution >= 0.6 is 0 Å². The zero-order valence-electron chi connectivity index (χ0n) is 14.9. The van der Waals surface area contributed by atoms with Crippen LogP contribution in [-0.4, -0.2) is 45.9 Å². The van der Waals surface area contributed by atoms with Gasteiger partial charge in [-0.1, -0.05) is 13.8 Å². The molecule has 0 radical (unpaired) electrons. The molecule has 1 aromatic rings. The molecule has 124 valence electrons. The Morgan fingerprint density at radius 2 is 1.82 bits per heavy atom. The van der Waals surface area contributed by atoms with Gasteiger partial charge in [-0.25, -0.2) is 0 Å². The number of morpholine rings is 1. The van der Waals surface area contributed by atoms with Gasteiger partial charge in [-0.2, -0.15) is 5.10 Å². The quantitative estimate of drug-likeness (QED) is 0.844. The second-order valence-electron chi connectivity index (χ2n) is 7.66. The van der Waals surface area contributed by atoms with Gasteiger partial charge >= 0.3 is 0 Å². The molecule has 22 heavy (non-hydrogen) atoms. The van der Waals surface area contributed by atoms with Gasteiger partial charge in [0.15, 0.2) is 5.69 Å². The van der Waals surface area contributed by atoms with Gasteiger partial charge < -0.3 is 9.64 Å². The summed E-state index contributed by atoms with van der Waals surface area (Å²) in [4.78, 5) is 14.7. The van der Waals surface area contributed by atoms with Crippen molar-refractivity contribution in [3.8, 4) is 0 Å². The van der Waals surface area contributed by atoms with Crippen LogP contribution in [0, 0.1) is 0 Å². The Hall–Kier alpha value is -1.36. The van der Waals surface area contributed by atoms with Crippen LogP contribution in [0.25, 0.3) is 0 Å². The molecule has 1 aliphatic rings. The number of hydrogen-bond acceptors (Lipinski definition) is 3. The van der Waals surface area contributed by atoms with Crippen molar-refractivity contribution in [2.75, 3.05) is 13.1 Å². The molecule has 1 aromatic heterocycles. The first-order valence-corrected chi connectivity index (χ1v) is 8.14. The van der Waals surface area contributed by atoms with E-state index in [0.717, 1.165) is 5.69 Å². The average molecular weight is 307 g/mol. The van der Waals surface area contributed by atoms with E-state index in [1.165, 1.54) is 0 Å². The van der Waals surface area contributed by atoms with Crippen molar-refractivity contribution in [3.63, 3.8) is 0 Å². The molecule has 0 unspecified atom stereocenters. The second kappa shape index (κ2) is 6.03. The van der Waals surface area contributed by atoms with E-state index in [0.29, 0.717) is 24.7 Å². The summed E-state index contributed by atoms with van der Waals surface area (Å²) in [5.74, 6) is 0.336. The fourth-order valence-electron chi connectivity index (χ4n) is 2.95. The smallest absolute Gasteiger partial charge is 0.274 e. The van der Waals surface area contributed by atoms with Crippen molar-refractivity contribution in [2.24, 2.45) is 0 Å². The van der Waals surface area contributed by atoms with Crippen molar-refractivity contribution in [3.05, 3.63) is 17.5 Å². The zero-order chi connectivity index (χ0) is 16.7. The standard InChI is InChI=1S/C17H29N3O2/c1-11(2)15-8-14(18-20(15)17(5,6)7)16(21)19-9-12(3)22-13(4)10-19/h8,11-13H,9-10H2,1-7H3/t12-,13+. The summed E-state index contributed by atoms with van der Waals surface area (Å²) in [6.45, 7) is 15.9. The number of rotatable bonds is 2. The Labute approximate surface area is 133 Å². The topological polar surface area (TPSA) is 47.4 Å². The van der Waals surface area contributed by atoms with Gasteiger partial charge in [0, 0.05) is 18.8 Å². The lowest BCUT2D eigenvalue weighted by molar-refractivity contribution is -0.0587. The minimum atomic E-state index is -0.135. The monoisotopic (exact) mass is 307 g/mol.